The van der Waals surface area contributed by atoms with Gasteiger partial charge in [0.05, 0.1) is 29.6 Å². The van der Waals surface area contributed by atoms with Crippen molar-refractivity contribution in [2.24, 2.45) is 0 Å². The van der Waals surface area contributed by atoms with Crippen LogP contribution in [0, 0.1) is 5.82 Å². The molecule has 5 nitrogen and oxygen atoms in total. The fourth-order valence-electron chi connectivity index (χ4n) is 3.50. The molecule has 1 N–H and O–H groups in total. The minimum absolute atomic E-state index is 0.0109. The second kappa shape index (κ2) is 6.97. The van der Waals surface area contributed by atoms with E-state index in [9.17, 15) is 14.3 Å². The number of rotatable bonds is 3. The minimum atomic E-state index is -0.569. The van der Waals surface area contributed by atoms with Gasteiger partial charge in [-0.3, -0.25) is 4.79 Å². The van der Waals surface area contributed by atoms with Gasteiger partial charge in [-0.05, 0) is 47.4 Å². The summed E-state index contributed by atoms with van der Waals surface area (Å²) in [5.74, 6) is -0.569. The van der Waals surface area contributed by atoms with Crippen molar-refractivity contribution in [2.45, 2.75) is 32.8 Å². The molecular weight excluding hydrogens is 369 g/mol. The maximum Gasteiger partial charge on any atom is 0.282 e. The molecule has 4 rings (SSSR count). The maximum absolute atomic E-state index is 14.9. The molecule has 6 heteroatoms. The first-order valence-corrected chi connectivity index (χ1v) is 9.40. The first-order chi connectivity index (χ1) is 13.8. The smallest absolute Gasteiger partial charge is 0.282 e. The van der Waals surface area contributed by atoms with Crippen molar-refractivity contribution in [2.75, 3.05) is 0 Å². The molecule has 2 aromatic carbocycles. The van der Waals surface area contributed by atoms with E-state index in [1.54, 1.807) is 18.2 Å². The monoisotopic (exact) mass is 391 g/mol. The highest BCUT2D eigenvalue weighted by Crippen LogP contribution is 2.27. The molecule has 0 saturated carbocycles. The van der Waals surface area contributed by atoms with Crippen LogP contribution in [-0.4, -0.2) is 19.5 Å². The molecule has 0 unspecified atom stereocenters. The number of aliphatic hydroxyl groups excluding tert-OH is 1. The molecule has 0 aliphatic rings. The van der Waals surface area contributed by atoms with Gasteiger partial charge >= 0.3 is 0 Å². The lowest BCUT2D eigenvalue weighted by atomic mass is 9.86. The Morgan fingerprint density at radius 3 is 2.41 bits per heavy atom. The van der Waals surface area contributed by atoms with Crippen molar-refractivity contribution in [3.63, 3.8) is 0 Å². The number of aliphatic hydroxyl groups is 1. The molecule has 29 heavy (non-hydrogen) atoms. The summed E-state index contributed by atoms with van der Waals surface area (Å²) in [5, 5.41) is 14.8. The topological polar surface area (TPSA) is 60.0 Å². The molecule has 0 fully saturated rings. The zero-order valence-electron chi connectivity index (χ0n) is 16.6. The van der Waals surface area contributed by atoms with Crippen LogP contribution < -0.4 is 5.56 Å². The summed E-state index contributed by atoms with van der Waals surface area (Å²) in [5.41, 5.74) is 1.67. The predicted octanol–water partition coefficient (Wildman–Crippen LogP) is 4.11. The van der Waals surface area contributed by atoms with E-state index in [0.717, 1.165) is 15.9 Å². The van der Waals surface area contributed by atoms with Gasteiger partial charge in [-0.2, -0.15) is 9.78 Å². The fraction of sp³-hybridized carbons (Fsp3) is 0.217. The van der Waals surface area contributed by atoms with Crippen molar-refractivity contribution in [3.05, 3.63) is 88.4 Å². The Kier molecular flexibility index (Phi) is 4.59. The quantitative estimate of drug-likeness (QED) is 0.572. The van der Waals surface area contributed by atoms with Gasteiger partial charge in [0.25, 0.3) is 5.56 Å². The number of halogens is 1. The molecule has 4 aromatic rings. The van der Waals surface area contributed by atoms with Crippen LogP contribution in [0.15, 0.2) is 65.8 Å². The second-order valence-corrected chi connectivity index (χ2v) is 8.06. The van der Waals surface area contributed by atoms with Crippen molar-refractivity contribution in [1.82, 2.24) is 14.3 Å². The Morgan fingerprint density at radius 2 is 1.76 bits per heavy atom. The largest absolute Gasteiger partial charge is 0.392 e. The fourth-order valence-corrected chi connectivity index (χ4v) is 3.50. The Balaban J connectivity index is 1.97. The predicted molar refractivity (Wildman–Crippen MR) is 111 cm³/mol. The van der Waals surface area contributed by atoms with Crippen molar-refractivity contribution in [1.29, 1.82) is 0 Å². The SMILES string of the molecule is CC(C)(C)c1cc(F)c2c(=O)n(-c3cccc(-n4cccc4)c3CO)ncc2c1. The van der Waals surface area contributed by atoms with Crippen molar-refractivity contribution in [3.8, 4) is 11.4 Å². The van der Waals surface area contributed by atoms with E-state index in [1.165, 1.54) is 12.3 Å². The third kappa shape index (κ3) is 3.25. The number of nitrogens with zero attached hydrogens (tertiary/aromatic N) is 3. The minimum Gasteiger partial charge on any atom is -0.392 e. The van der Waals surface area contributed by atoms with Gasteiger partial charge in [0.2, 0.25) is 0 Å². The van der Waals surface area contributed by atoms with Gasteiger partial charge in [0, 0.05) is 23.3 Å². The lowest BCUT2D eigenvalue weighted by molar-refractivity contribution is 0.281. The van der Waals surface area contributed by atoms with E-state index in [2.05, 4.69) is 5.10 Å². The van der Waals surface area contributed by atoms with Crippen LogP contribution in [0.2, 0.25) is 0 Å². The molecule has 148 valence electrons. The summed E-state index contributed by atoms with van der Waals surface area (Å²) in [6.45, 7) is 5.68. The third-order valence-electron chi connectivity index (χ3n) is 5.10. The average Bonchev–Trinajstić information content (AvgIpc) is 3.21. The normalized spacial score (nSPS) is 11.9. The van der Waals surface area contributed by atoms with E-state index in [0.29, 0.717) is 16.6 Å². The summed E-state index contributed by atoms with van der Waals surface area (Å²) in [6.07, 6.45) is 5.20. The number of fused-ring (bicyclic) bond motifs is 1. The number of aromatic nitrogens is 3. The zero-order valence-corrected chi connectivity index (χ0v) is 16.6. The van der Waals surface area contributed by atoms with E-state index >= 15 is 0 Å². The molecule has 0 spiro atoms. The Morgan fingerprint density at radius 1 is 1.07 bits per heavy atom. The van der Waals surface area contributed by atoms with E-state index in [1.807, 2.05) is 55.9 Å². The second-order valence-electron chi connectivity index (χ2n) is 8.06. The molecule has 0 radical (unpaired) electrons. The summed E-state index contributed by atoms with van der Waals surface area (Å²) in [7, 11) is 0. The van der Waals surface area contributed by atoms with Crippen LogP contribution in [0.4, 0.5) is 4.39 Å². The Labute approximate surface area is 167 Å². The van der Waals surface area contributed by atoms with Gasteiger partial charge in [-0.1, -0.05) is 26.8 Å². The number of hydrogen-bond donors (Lipinski definition) is 1. The van der Waals surface area contributed by atoms with Crippen LogP contribution in [-0.2, 0) is 12.0 Å². The zero-order chi connectivity index (χ0) is 20.8. The molecule has 0 saturated heterocycles. The lowest BCUT2D eigenvalue weighted by Crippen LogP contribution is -2.24. The van der Waals surface area contributed by atoms with Crippen LogP contribution in [0.3, 0.4) is 0 Å². The third-order valence-corrected chi connectivity index (χ3v) is 5.10. The maximum atomic E-state index is 14.9. The van der Waals surface area contributed by atoms with Crippen LogP contribution >= 0.6 is 0 Å². The first-order valence-electron chi connectivity index (χ1n) is 9.40. The van der Waals surface area contributed by atoms with Crippen LogP contribution in [0.25, 0.3) is 22.1 Å². The first kappa shape index (κ1) is 19.1. The van der Waals surface area contributed by atoms with E-state index in [4.69, 9.17) is 0 Å². The highest BCUT2D eigenvalue weighted by atomic mass is 19.1. The summed E-state index contributed by atoms with van der Waals surface area (Å²) < 4.78 is 17.9. The summed E-state index contributed by atoms with van der Waals surface area (Å²) in [6, 6.07) is 12.3. The van der Waals surface area contributed by atoms with E-state index in [-0.39, 0.29) is 17.4 Å². The molecular formula is C23H22FN3O2. The molecule has 0 amide bonds. The van der Waals surface area contributed by atoms with E-state index < -0.39 is 11.4 Å². The molecule has 0 aliphatic carbocycles. The molecule has 2 heterocycles. The van der Waals surface area contributed by atoms with Crippen molar-refractivity contribution < 1.29 is 9.50 Å². The highest BCUT2D eigenvalue weighted by molar-refractivity contribution is 5.82. The highest BCUT2D eigenvalue weighted by Gasteiger charge is 2.20. The molecule has 2 aromatic heterocycles. The average molecular weight is 391 g/mol. The van der Waals surface area contributed by atoms with Crippen LogP contribution in [0.5, 0.6) is 0 Å². The standard InChI is InChI=1S/C23H22FN3O2/c1-23(2,3)16-11-15-13-25-27(22(29)21(15)18(24)12-16)20-8-6-7-19(17(20)14-28)26-9-4-5-10-26/h4-13,28H,14H2,1-3H3. The Bertz CT molecular complexity index is 1250. The summed E-state index contributed by atoms with van der Waals surface area (Å²) in [4.78, 5) is 13.1. The van der Waals surface area contributed by atoms with Crippen molar-refractivity contribution >= 4 is 10.8 Å². The van der Waals surface area contributed by atoms with Gasteiger partial charge < -0.3 is 9.67 Å². The van der Waals surface area contributed by atoms with Gasteiger partial charge in [-0.25, -0.2) is 4.39 Å². The van der Waals surface area contributed by atoms with Gasteiger partial charge in [0.15, 0.2) is 0 Å². The van der Waals surface area contributed by atoms with Gasteiger partial charge in [-0.15, -0.1) is 0 Å². The molecule has 0 bridgehead atoms. The van der Waals surface area contributed by atoms with Gasteiger partial charge in [0.1, 0.15) is 5.82 Å². The number of benzene rings is 2. The summed E-state index contributed by atoms with van der Waals surface area (Å²) >= 11 is 0. The molecule has 0 atom stereocenters. The number of hydrogen-bond acceptors (Lipinski definition) is 3. The lowest BCUT2D eigenvalue weighted by Gasteiger charge is -2.20. The van der Waals surface area contributed by atoms with Crippen LogP contribution in [0.1, 0.15) is 31.9 Å². The Hall–Kier alpha value is -3.25. The molecule has 0 aliphatic heterocycles.